The molecule has 3 rings (SSSR count). The highest BCUT2D eigenvalue weighted by Gasteiger charge is 2.17. The normalized spacial score (nSPS) is 17.0. The minimum absolute atomic E-state index is 0.132. The molecule has 0 spiro atoms. The van der Waals surface area contributed by atoms with E-state index in [4.69, 9.17) is 4.74 Å². The summed E-state index contributed by atoms with van der Waals surface area (Å²) >= 11 is 1.90. The summed E-state index contributed by atoms with van der Waals surface area (Å²) in [4.78, 5) is 16.4. The van der Waals surface area contributed by atoms with E-state index in [0.29, 0.717) is 24.5 Å². The van der Waals surface area contributed by atoms with Gasteiger partial charge in [0.1, 0.15) is 6.10 Å². The van der Waals surface area contributed by atoms with Gasteiger partial charge in [0.25, 0.3) is 5.91 Å². The molecule has 0 aromatic carbocycles. The molecule has 1 saturated heterocycles. The molecule has 0 bridgehead atoms. The Morgan fingerprint density at radius 3 is 2.96 bits per heavy atom. The molecule has 1 amide bonds. The smallest absolute Gasteiger partial charge is 0.252 e. The first-order valence-electron chi connectivity index (χ1n) is 8.11. The summed E-state index contributed by atoms with van der Waals surface area (Å²) < 4.78 is 7.68. The Morgan fingerprint density at radius 2 is 2.33 bits per heavy atom. The van der Waals surface area contributed by atoms with Crippen LogP contribution in [0.4, 0.5) is 0 Å². The number of nitrogens with zero attached hydrogens (tertiary/aromatic N) is 3. The molecule has 1 fully saturated rings. The number of ether oxygens (including phenoxy) is 1. The van der Waals surface area contributed by atoms with E-state index < -0.39 is 0 Å². The Morgan fingerprint density at radius 1 is 1.46 bits per heavy atom. The molecule has 0 saturated carbocycles. The second-order valence-corrected chi connectivity index (χ2v) is 7.04. The molecular formula is C17H22N4O2S. The van der Waals surface area contributed by atoms with Crippen molar-refractivity contribution in [3.05, 3.63) is 41.3 Å². The second-order valence-electron chi connectivity index (χ2n) is 5.89. The topological polar surface area (TPSA) is 69.0 Å². The van der Waals surface area contributed by atoms with Crippen molar-refractivity contribution in [2.75, 3.05) is 18.1 Å². The van der Waals surface area contributed by atoms with Crippen LogP contribution in [0, 0.1) is 13.8 Å². The number of carbonyl (C=O) groups is 1. The third-order valence-electron chi connectivity index (χ3n) is 3.89. The van der Waals surface area contributed by atoms with E-state index in [1.807, 2.05) is 36.4 Å². The maximum absolute atomic E-state index is 12.2. The quantitative estimate of drug-likeness (QED) is 0.868. The molecule has 0 radical (unpaired) electrons. The summed E-state index contributed by atoms with van der Waals surface area (Å²) in [5.74, 6) is 2.60. The lowest BCUT2D eigenvalue weighted by Gasteiger charge is -2.11. The third-order valence-corrected chi connectivity index (χ3v) is 5.02. The van der Waals surface area contributed by atoms with E-state index in [9.17, 15) is 4.79 Å². The van der Waals surface area contributed by atoms with Crippen molar-refractivity contribution < 1.29 is 9.53 Å². The predicted octanol–water partition coefficient (Wildman–Crippen LogP) is 2.21. The lowest BCUT2D eigenvalue weighted by Crippen LogP contribution is -2.28. The summed E-state index contributed by atoms with van der Waals surface area (Å²) in [5.41, 5.74) is 2.62. The van der Waals surface area contributed by atoms with Crippen LogP contribution >= 0.6 is 11.8 Å². The van der Waals surface area contributed by atoms with Crippen LogP contribution in [0.3, 0.4) is 0 Å². The minimum atomic E-state index is -0.132. The maximum atomic E-state index is 12.2. The molecular weight excluding hydrogens is 324 g/mol. The minimum Gasteiger partial charge on any atom is -0.473 e. The van der Waals surface area contributed by atoms with Gasteiger partial charge in [-0.3, -0.25) is 9.48 Å². The van der Waals surface area contributed by atoms with Gasteiger partial charge in [-0.25, -0.2) is 4.98 Å². The van der Waals surface area contributed by atoms with Gasteiger partial charge in [0.2, 0.25) is 5.88 Å². The maximum Gasteiger partial charge on any atom is 0.252 e. The highest BCUT2D eigenvalue weighted by molar-refractivity contribution is 7.99. The summed E-state index contributed by atoms with van der Waals surface area (Å²) in [6, 6.07) is 5.54. The zero-order valence-corrected chi connectivity index (χ0v) is 14.8. The fraction of sp³-hybridized carbons (Fsp3) is 0.471. The van der Waals surface area contributed by atoms with Crippen LogP contribution in [0.25, 0.3) is 0 Å². The molecule has 3 heterocycles. The molecule has 0 aliphatic carbocycles. The summed E-state index contributed by atoms with van der Waals surface area (Å²) in [7, 11) is 0. The van der Waals surface area contributed by atoms with E-state index in [0.717, 1.165) is 29.3 Å². The average molecular weight is 346 g/mol. The van der Waals surface area contributed by atoms with Crippen molar-refractivity contribution in [1.82, 2.24) is 20.1 Å². The number of carbonyl (C=O) groups excluding carboxylic acids is 1. The molecule has 1 N–H and O–H groups in total. The van der Waals surface area contributed by atoms with Gasteiger partial charge in [0.05, 0.1) is 17.8 Å². The monoisotopic (exact) mass is 346 g/mol. The summed E-state index contributed by atoms with van der Waals surface area (Å²) in [5, 5.41) is 7.27. The number of aryl methyl sites for hydroxylation is 2. The fourth-order valence-electron chi connectivity index (χ4n) is 2.64. The number of nitrogens with one attached hydrogen (secondary N) is 1. The lowest BCUT2D eigenvalue weighted by atomic mass is 10.2. The number of hydrogen-bond acceptors (Lipinski definition) is 5. The number of hydrogen-bond donors (Lipinski definition) is 1. The van der Waals surface area contributed by atoms with Crippen molar-refractivity contribution in [1.29, 1.82) is 0 Å². The van der Waals surface area contributed by atoms with Crippen molar-refractivity contribution in [2.45, 2.75) is 32.9 Å². The molecule has 7 heteroatoms. The van der Waals surface area contributed by atoms with Crippen LogP contribution in [0.5, 0.6) is 5.88 Å². The zero-order valence-electron chi connectivity index (χ0n) is 14.0. The van der Waals surface area contributed by atoms with Gasteiger partial charge in [-0.1, -0.05) is 0 Å². The summed E-state index contributed by atoms with van der Waals surface area (Å²) in [6.45, 7) is 5.15. The van der Waals surface area contributed by atoms with E-state index in [1.165, 1.54) is 0 Å². The van der Waals surface area contributed by atoms with Gasteiger partial charge < -0.3 is 10.1 Å². The molecule has 128 valence electrons. The predicted molar refractivity (Wildman–Crippen MR) is 94.6 cm³/mol. The van der Waals surface area contributed by atoms with Gasteiger partial charge in [0.15, 0.2) is 0 Å². The first-order chi connectivity index (χ1) is 11.6. The van der Waals surface area contributed by atoms with Crippen molar-refractivity contribution in [3.63, 3.8) is 0 Å². The Balaban J connectivity index is 1.48. The van der Waals surface area contributed by atoms with Crippen LogP contribution in [-0.4, -0.2) is 44.8 Å². The van der Waals surface area contributed by atoms with E-state index in [-0.39, 0.29) is 12.0 Å². The van der Waals surface area contributed by atoms with Gasteiger partial charge in [-0.2, -0.15) is 16.9 Å². The number of pyridine rings is 1. The first kappa shape index (κ1) is 16.8. The average Bonchev–Trinajstić information content (AvgIpc) is 3.18. The van der Waals surface area contributed by atoms with E-state index >= 15 is 0 Å². The number of amides is 1. The Kier molecular flexibility index (Phi) is 5.40. The van der Waals surface area contributed by atoms with E-state index in [1.54, 1.807) is 18.3 Å². The number of rotatable bonds is 6. The van der Waals surface area contributed by atoms with Crippen molar-refractivity contribution in [2.24, 2.45) is 0 Å². The van der Waals surface area contributed by atoms with Gasteiger partial charge >= 0.3 is 0 Å². The molecule has 2 aromatic heterocycles. The molecule has 6 nitrogen and oxygen atoms in total. The van der Waals surface area contributed by atoms with Crippen molar-refractivity contribution >= 4 is 17.7 Å². The molecule has 0 unspecified atom stereocenters. The number of aromatic nitrogens is 3. The van der Waals surface area contributed by atoms with Crippen LogP contribution in [-0.2, 0) is 6.54 Å². The molecule has 24 heavy (non-hydrogen) atoms. The summed E-state index contributed by atoms with van der Waals surface area (Å²) in [6.07, 6.45) is 2.86. The standard InChI is InChI=1S/C17H22N4O2S/c1-12-9-13(2)21(20-12)7-6-18-17(22)14-3-4-16(19-10-14)23-15-5-8-24-11-15/h3-4,9-10,15H,5-8,11H2,1-2H3,(H,18,22)/t15-/m0/s1. The first-order valence-corrected chi connectivity index (χ1v) is 9.27. The lowest BCUT2D eigenvalue weighted by molar-refractivity contribution is 0.0951. The molecule has 1 atom stereocenters. The Bertz CT molecular complexity index is 693. The highest BCUT2D eigenvalue weighted by Crippen LogP contribution is 2.21. The van der Waals surface area contributed by atoms with Crippen LogP contribution in [0.2, 0.25) is 0 Å². The zero-order chi connectivity index (χ0) is 16.9. The third kappa shape index (κ3) is 4.29. The molecule has 1 aliphatic rings. The molecule has 2 aromatic rings. The Hall–Kier alpha value is -2.02. The highest BCUT2D eigenvalue weighted by atomic mass is 32.2. The van der Waals surface area contributed by atoms with Crippen LogP contribution < -0.4 is 10.1 Å². The fourth-order valence-corrected chi connectivity index (χ4v) is 3.73. The van der Waals surface area contributed by atoms with Crippen molar-refractivity contribution in [3.8, 4) is 5.88 Å². The van der Waals surface area contributed by atoms with Crippen LogP contribution in [0.15, 0.2) is 24.4 Å². The second kappa shape index (κ2) is 7.70. The van der Waals surface area contributed by atoms with E-state index in [2.05, 4.69) is 15.4 Å². The van der Waals surface area contributed by atoms with Gasteiger partial charge in [-0.05, 0) is 38.2 Å². The Labute approximate surface area is 146 Å². The van der Waals surface area contributed by atoms with Gasteiger partial charge in [0, 0.05) is 30.3 Å². The van der Waals surface area contributed by atoms with Crippen LogP contribution in [0.1, 0.15) is 28.2 Å². The molecule has 1 aliphatic heterocycles. The number of thioether (sulfide) groups is 1. The largest absolute Gasteiger partial charge is 0.473 e. The van der Waals surface area contributed by atoms with Gasteiger partial charge in [-0.15, -0.1) is 0 Å². The SMILES string of the molecule is Cc1cc(C)n(CCNC(=O)c2ccc(O[C@H]3CCSC3)nc2)n1.